The SMILES string of the molecule is CCCCCCNC(=O)c1ccc(OC(C)(C)C(=O)O)cc1. The normalized spacial score (nSPS) is 11.0. The molecule has 5 heteroatoms. The van der Waals surface area contributed by atoms with Crippen LogP contribution < -0.4 is 10.1 Å². The van der Waals surface area contributed by atoms with Crippen LogP contribution in [0.1, 0.15) is 56.8 Å². The number of rotatable bonds is 9. The second-order valence-corrected chi connectivity index (χ2v) is 5.76. The Balaban J connectivity index is 2.50. The van der Waals surface area contributed by atoms with E-state index in [4.69, 9.17) is 9.84 Å². The molecule has 0 atom stereocenters. The Bertz CT molecular complexity index is 494. The first-order valence-corrected chi connectivity index (χ1v) is 7.67. The second kappa shape index (κ2) is 8.41. The molecule has 0 saturated heterocycles. The van der Waals surface area contributed by atoms with E-state index in [9.17, 15) is 9.59 Å². The van der Waals surface area contributed by atoms with E-state index >= 15 is 0 Å². The minimum atomic E-state index is -1.30. The van der Waals surface area contributed by atoms with Gasteiger partial charge in [-0.3, -0.25) is 4.79 Å². The number of carbonyl (C=O) groups excluding carboxylic acids is 1. The van der Waals surface area contributed by atoms with Crippen molar-refractivity contribution in [2.24, 2.45) is 0 Å². The van der Waals surface area contributed by atoms with Gasteiger partial charge in [0.2, 0.25) is 0 Å². The number of nitrogens with one attached hydrogen (secondary N) is 1. The second-order valence-electron chi connectivity index (χ2n) is 5.76. The maximum absolute atomic E-state index is 11.9. The number of carboxylic acids is 1. The van der Waals surface area contributed by atoms with Gasteiger partial charge >= 0.3 is 5.97 Å². The van der Waals surface area contributed by atoms with E-state index in [-0.39, 0.29) is 5.91 Å². The zero-order chi connectivity index (χ0) is 16.6. The quantitative estimate of drug-likeness (QED) is 0.687. The van der Waals surface area contributed by atoms with Crippen molar-refractivity contribution in [2.75, 3.05) is 6.54 Å². The number of hydrogen-bond acceptors (Lipinski definition) is 3. The Hall–Kier alpha value is -2.04. The minimum absolute atomic E-state index is 0.124. The van der Waals surface area contributed by atoms with Crippen LogP contribution in [0, 0.1) is 0 Å². The van der Waals surface area contributed by atoms with Gasteiger partial charge in [-0.15, -0.1) is 0 Å². The summed E-state index contributed by atoms with van der Waals surface area (Å²) in [7, 11) is 0. The summed E-state index contributed by atoms with van der Waals surface area (Å²) in [5, 5.41) is 11.9. The highest BCUT2D eigenvalue weighted by molar-refractivity contribution is 5.94. The molecule has 0 aromatic heterocycles. The standard InChI is InChI=1S/C17H25NO4/c1-4-5-6-7-12-18-15(19)13-8-10-14(11-9-13)22-17(2,3)16(20)21/h8-11H,4-7,12H2,1-3H3,(H,18,19)(H,20,21). The van der Waals surface area contributed by atoms with E-state index < -0.39 is 11.6 Å². The summed E-state index contributed by atoms with van der Waals surface area (Å²) in [6.07, 6.45) is 4.45. The molecular formula is C17H25NO4. The van der Waals surface area contributed by atoms with E-state index in [1.54, 1.807) is 24.3 Å². The van der Waals surface area contributed by atoms with Gasteiger partial charge in [-0.05, 0) is 44.5 Å². The molecule has 1 amide bonds. The molecule has 1 aromatic carbocycles. The summed E-state index contributed by atoms with van der Waals surface area (Å²) in [5.41, 5.74) is -0.765. The molecule has 1 aromatic rings. The average Bonchev–Trinajstić information content (AvgIpc) is 2.47. The van der Waals surface area contributed by atoms with Crippen LogP contribution in [0.15, 0.2) is 24.3 Å². The molecule has 0 saturated carbocycles. The monoisotopic (exact) mass is 307 g/mol. The Morgan fingerprint density at radius 2 is 1.77 bits per heavy atom. The number of amides is 1. The number of hydrogen-bond donors (Lipinski definition) is 2. The first-order chi connectivity index (χ1) is 10.4. The molecule has 5 nitrogen and oxygen atoms in total. The highest BCUT2D eigenvalue weighted by Gasteiger charge is 2.29. The molecule has 0 aliphatic rings. The topological polar surface area (TPSA) is 75.6 Å². The van der Waals surface area contributed by atoms with Gasteiger partial charge in [0.15, 0.2) is 5.60 Å². The summed E-state index contributed by atoms with van der Waals surface area (Å²) < 4.78 is 5.39. The zero-order valence-corrected chi connectivity index (χ0v) is 13.5. The van der Waals surface area contributed by atoms with Gasteiger partial charge in [0.1, 0.15) is 5.75 Å². The van der Waals surface area contributed by atoms with Gasteiger partial charge in [0, 0.05) is 12.1 Å². The summed E-state index contributed by atoms with van der Waals surface area (Å²) in [6.45, 7) is 5.77. The fourth-order valence-electron chi connectivity index (χ4n) is 1.87. The predicted molar refractivity (Wildman–Crippen MR) is 85.3 cm³/mol. The van der Waals surface area contributed by atoms with Crippen molar-refractivity contribution in [3.05, 3.63) is 29.8 Å². The molecule has 0 spiro atoms. The third-order valence-electron chi connectivity index (χ3n) is 3.32. The van der Waals surface area contributed by atoms with Crippen molar-refractivity contribution in [3.63, 3.8) is 0 Å². The van der Waals surface area contributed by atoms with Crippen molar-refractivity contribution in [1.82, 2.24) is 5.32 Å². The smallest absolute Gasteiger partial charge is 0.347 e. The van der Waals surface area contributed by atoms with Crippen molar-refractivity contribution >= 4 is 11.9 Å². The van der Waals surface area contributed by atoms with E-state index in [2.05, 4.69) is 12.2 Å². The molecular weight excluding hydrogens is 282 g/mol. The van der Waals surface area contributed by atoms with Crippen LogP contribution >= 0.6 is 0 Å². The number of carbonyl (C=O) groups is 2. The largest absolute Gasteiger partial charge is 0.478 e. The van der Waals surface area contributed by atoms with Crippen LogP contribution in [0.3, 0.4) is 0 Å². The fraction of sp³-hybridized carbons (Fsp3) is 0.529. The Kier molecular flexibility index (Phi) is 6.89. The molecule has 0 radical (unpaired) electrons. The molecule has 22 heavy (non-hydrogen) atoms. The van der Waals surface area contributed by atoms with Crippen molar-refractivity contribution in [3.8, 4) is 5.75 Å². The van der Waals surface area contributed by atoms with Crippen LogP contribution in [0.5, 0.6) is 5.75 Å². The third-order valence-corrected chi connectivity index (χ3v) is 3.32. The van der Waals surface area contributed by atoms with Crippen LogP contribution in [0.2, 0.25) is 0 Å². The maximum Gasteiger partial charge on any atom is 0.347 e. The number of carboxylic acid groups (broad SMARTS) is 1. The molecule has 2 N–H and O–H groups in total. The lowest BCUT2D eigenvalue weighted by Gasteiger charge is -2.21. The van der Waals surface area contributed by atoms with Gasteiger partial charge < -0.3 is 15.2 Å². The van der Waals surface area contributed by atoms with E-state index in [1.807, 2.05) is 0 Å². The van der Waals surface area contributed by atoms with E-state index in [0.29, 0.717) is 17.9 Å². The first-order valence-electron chi connectivity index (χ1n) is 7.67. The van der Waals surface area contributed by atoms with Crippen LogP contribution in [-0.4, -0.2) is 29.1 Å². The molecule has 0 heterocycles. The molecule has 0 fully saturated rings. The number of benzene rings is 1. The Morgan fingerprint density at radius 3 is 2.32 bits per heavy atom. The highest BCUT2D eigenvalue weighted by Crippen LogP contribution is 2.19. The van der Waals surface area contributed by atoms with Crippen molar-refractivity contribution in [1.29, 1.82) is 0 Å². The van der Waals surface area contributed by atoms with Gasteiger partial charge in [0.05, 0.1) is 0 Å². The van der Waals surface area contributed by atoms with Crippen LogP contribution in [0.4, 0.5) is 0 Å². The Labute approximate surface area is 131 Å². The fourth-order valence-corrected chi connectivity index (χ4v) is 1.87. The number of aliphatic carboxylic acids is 1. The zero-order valence-electron chi connectivity index (χ0n) is 13.5. The molecule has 0 bridgehead atoms. The molecule has 1 rings (SSSR count). The molecule has 0 aliphatic heterocycles. The number of ether oxygens (including phenoxy) is 1. The lowest BCUT2D eigenvalue weighted by atomic mass is 10.1. The summed E-state index contributed by atoms with van der Waals surface area (Å²) in [5.74, 6) is -0.742. The minimum Gasteiger partial charge on any atom is -0.478 e. The van der Waals surface area contributed by atoms with Gasteiger partial charge in [-0.25, -0.2) is 4.79 Å². The van der Waals surface area contributed by atoms with Crippen LogP contribution in [-0.2, 0) is 4.79 Å². The maximum atomic E-state index is 11.9. The van der Waals surface area contributed by atoms with Crippen molar-refractivity contribution in [2.45, 2.75) is 52.1 Å². The Morgan fingerprint density at radius 1 is 1.14 bits per heavy atom. The van der Waals surface area contributed by atoms with Gasteiger partial charge in [-0.2, -0.15) is 0 Å². The molecule has 0 aliphatic carbocycles. The summed E-state index contributed by atoms with van der Waals surface area (Å²) in [6, 6.07) is 6.48. The van der Waals surface area contributed by atoms with E-state index in [1.165, 1.54) is 26.7 Å². The van der Waals surface area contributed by atoms with Gasteiger partial charge in [0.25, 0.3) is 5.91 Å². The first kappa shape index (κ1) is 18.0. The molecule has 122 valence electrons. The lowest BCUT2D eigenvalue weighted by molar-refractivity contribution is -0.152. The summed E-state index contributed by atoms with van der Waals surface area (Å²) in [4.78, 5) is 22.9. The van der Waals surface area contributed by atoms with Crippen molar-refractivity contribution < 1.29 is 19.4 Å². The molecule has 0 unspecified atom stereocenters. The third kappa shape index (κ3) is 5.76. The highest BCUT2D eigenvalue weighted by atomic mass is 16.5. The van der Waals surface area contributed by atoms with Crippen LogP contribution in [0.25, 0.3) is 0 Å². The average molecular weight is 307 g/mol. The number of unbranched alkanes of at least 4 members (excludes halogenated alkanes) is 3. The summed E-state index contributed by atoms with van der Waals surface area (Å²) >= 11 is 0. The van der Waals surface area contributed by atoms with E-state index in [0.717, 1.165) is 12.8 Å². The lowest BCUT2D eigenvalue weighted by Crippen LogP contribution is -2.37. The van der Waals surface area contributed by atoms with Gasteiger partial charge in [-0.1, -0.05) is 26.2 Å². The predicted octanol–water partition coefficient (Wildman–Crippen LogP) is 3.24.